The molecule has 19 heavy (non-hydrogen) atoms. The van der Waals surface area contributed by atoms with Gasteiger partial charge in [-0.05, 0) is 17.9 Å². The van der Waals surface area contributed by atoms with Gasteiger partial charge in [0.2, 0.25) is 11.7 Å². The molecule has 0 radical (unpaired) electrons. The van der Waals surface area contributed by atoms with E-state index in [-0.39, 0.29) is 6.04 Å². The fourth-order valence-electron chi connectivity index (χ4n) is 1.87. The Bertz CT molecular complexity index is 518. The van der Waals surface area contributed by atoms with E-state index in [4.69, 9.17) is 10.3 Å². The largest absolute Gasteiger partial charge is 0.337 e. The molecule has 2 aromatic rings. The third-order valence-electron chi connectivity index (χ3n) is 3.60. The predicted octanol–water partition coefficient (Wildman–Crippen LogP) is 3.34. The van der Waals surface area contributed by atoms with Gasteiger partial charge in [-0.2, -0.15) is 4.98 Å². The van der Waals surface area contributed by atoms with Gasteiger partial charge in [-0.15, -0.1) is 0 Å². The third kappa shape index (κ3) is 3.01. The van der Waals surface area contributed by atoms with E-state index < -0.39 is 0 Å². The SMILES string of the molecule is CCc1ccc(-c2noc([C@@H](N)[C@@H](C)CC)n2)cc1. The van der Waals surface area contributed by atoms with Crippen molar-refractivity contribution in [3.8, 4) is 11.4 Å². The van der Waals surface area contributed by atoms with E-state index in [0.717, 1.165) is 18.4 Å². The van der Waals surface area contributed by atoms with Crippen LogP contribution in [0.1, 0.15) is 44.7 Å². The molecule has 2 N–H and O–H groups in total. The minimum atomic E-state index is -0.193. The maximum absolute atomic E-state index is 6.09. The second-order valence-corrected chi connectivity index (χ2v) is 4.92. The molecule has 0 bridgehead atoms. The molecular formula is C15H21N3O. The molecule has 1 aromatic carbocycles. The van der Waals surface area contributed by atoms with Crippen LogP contribution in [0.5, 0.6) is 0 Å². The molecule has 0 fully saturated rings. The van der Waals surface area contributed by atoms with Gasteiger partial charge in [0.15, 0.2) is 0 Å². The highest BCUT2D eigenvalue weighted by molar-refractivity contribution is 5.54. The summed E-state index contributed by atoms with van der Waals surface area (Å²) in [5.41, 5.74) is 8.35. The Balaban J connectivity index is 2.20. The van der Waals surface area contributed by atoms with Crippen molar-refractivity contribution in [2.75, 3.05) is 0 Å². The number of nitrogens with two attached hydrogens (primary N) is 1. The summed E-state index contributed by atoms with van der Waals surface area (Å²) in [4.78, 5) is 4.40. The summed E-state index contributed by atoms with van der Waals surface area (Å²) in [6.45, 7) is 6.32. The van der Waals surface area contributed by atoms with E-state index in [1.54, 1.807) is 0 Å². The highest BCUT2D eigenvalue weighted by atomic mass is 16.5. The monoisotopic (exact) mass is 259 g/mol. The molecule has 0 saturated heterocycles. The second-order valence-electron chi connectivity index (χ2n) is 4.92. The number of nitrogens with zero attached hydrogens (tertiary/aromatic N) is 2. The van der Waals surface area contributed by atoms with Crippen LogP contribution in [0.3, 0.4) is 0 Å². The van der Waals surface area contributed by atoms with E-state index in [2.05, 4.69) is 43.0 Å². The van der Waals surface area contributed by atoms with Crippen molar-refractivity contribution in [1.29, 1.82) is 0 Å². The lowest BCUT2D eigenvalue weighted by Gasteiger charge is -2.12. The van der Waals surface area contributed by atoms with E-state index in [9.17, 15) is 0 Å². The van der Waals surface area contributed by atoms with Crippen LogP contribution in [0.2, 0.25) is 0 Å². The lowest BCUT2D eigenvalue weighted by molar-refractivity contribution is 0.312. The Morgan fingerprint density at radius 2 is 1.89 bits per heavy atom. The van der Waals surface area contributed by atoms with Gasteiger partial charge in [0.05, 0.1) is 6.04 Å². The van der Waals surface area contributed by atoms with Gasteiger partial charge in [-0.25, -0.2) is 0 Å². The molecule has 0 aliphatic rings. The zero-order valence-corrected chi connectivity index (χ0v) is 11.8. The maximum atomic E-state index is 6.09. The van der Waals surface area contributed by atoms with Crippen LogP contribution in [0, 0.1) is 5.92 Å². The average molecular weight is 259 g/mol. The van der Waals surface area contributed by atoms with E-state index in [1.165, 1.54) is 5.56 Å². The summed E-state index contributed by atoms with van der Waals surface area (Å²) in [7, 11) is 0. The molecule has 102 valence electrons. The van der Waals surface area contributed by atoms with Crippen LogP contribution in [0.15, 0.2) is 28.8 Å². The molecule has 0 amide bonds. The first-order valence-corrected chi connectivity index (χ1v) is 6.84. The van der Waals surface area contributed by atoms with Gasteiger partial charge in [0, 0.05) is 5.56 Å². The number of aryl methyl sites for hydroxylation is 1. The van der Waals surface area contributed by atoms with Crippen LogP contribution < -0.4 is 5.73 Å². The lowest BCUT2D eigenvalue weighted by Crippen LogP contribution is -2.18. The standard InChI is InChI=1S/C15H21N3O/c1-4-10(3)13(16)15-17-14(18-19-15)12-8-6-11(5-2)7-9-12/h6-10,13H,4-5,16H2,1-3H3/t10-,13-/m0/s1. The summed E-state index contributed by atoms with van der Waals surface area (Å²) < 4.78 is 5.27. The van der Waals surface area contributed by atoms with Gasteiger partial charge in [-0.3, -0.25) is 0 Å². The van der Waals surface area contributed by atoms with Crippen molar-refractivity contribution >= 4 is 0 Å². The second kappa shape index (κ2) is 5.97. The summed E-state index contributed by atoms with van der Waals surface area (Å²) in [5, 5.41) is 4.01. The fraction of sp³-hybridized carbons (Fsp3) is 0.467. The normalized spacial score (nSPS) is 14.3. The van der Waals surface area contributed by atoms with Gasteiger partial charge in [0.25, 0.3) is 0 Å². The highest BCUT2D eigenvalue weighted by Crippen LogP contribution is 2.23. The number of benzene rings is 1. The molecule has 0 aliphatic carbocycles. The molecule has 2 atom stereocenters. The van der Waals surface area contributed by atoms with Crippen molar-refractivity contribution in [3.05, 3.63) is 35.7 Å². The van der Waals surface area contributed by atoms with Gasteiger partial charge >= 0.3 is 0 Å². The Morgan fingerprint density at radius 3 is 2.47 bits per heavy atom. The summed E-state index contributed by atoms with van der Waals surface area (Å²) in [6, 6.07) is 8.01. The first kappa shape index (κ1) is 13.7. The van der Waals surface area contributed by atoms with Crippen LogP contribution in [0.4, 0.5) is 0 Å². The first-order chi connectivity index (χ1) is 9.15. The Morgan fingerprint density at radius 1 is 1.21 bits per heavy atom. The minimum Gasteiger partial charge on any atom is -0.337 e. The Kier molecular flexibility index (Phi) is 4.32. The molecule has 0 aliphatic heterocycles. The minimum absolute atomic E-state index is 0.193. The summed E-state index contributed by atoms with van der Waals surface area (Å²) in [5.74, 6) is 1.45. The zero-order valence-electron chi connectivity index (χ0n) is 11.8. The van der Waals surface area contributed by atoms with Crippen molar-refractivity contribution in [2.24, 2.45) is 11.7 Å². The van der Waals surface area contributed by atoms with E-state index >= 15 is 0 Å². The molecule has 1 heterocycles. The topological polar surface area (TPSA) is 64.9 Å². The molecule has 0 saturated carbocycles. The molecule has 2 rings (SSSR count). The zero-order chi connectivity index (χ0) is 13.8. The van der Waals surface area contributed by atoms with Crippen LogP contribution in [-0.4, -0.2) is 10.1 Å². The van der Waals surface area contributed by atoms with Crippen molar-refractivity contribution in [1.82, 2.24) is 10.1 Å². The third-order valence-corrected chi connectivity index (χ3v) is 3.60. The van der Waals surface area contributed by atoms with Gasteiger partial charge < -0.3 is 10.3 Å². The lowest BCUT2D eigenvalue weighted by atomic mass is 10.0. The number of hydrogen-bond acceptors (Lipinski definition) is 4. The van der Waals surface area contributed by atoms with Gasteiger partial charge in [0.1, 0.15) is 0 Å². The number of rotatable bonds is 5. The van der Waals surface area contributed by atoms with Crippen molar-refractivity contribution in [2.45, 2.75) is 39.7 Å². The average Bonchev–Trinajstić information content (AvgIpc) is 2.95. The van der Waals surface area contributed by atoms with Crippen molar-refractivity contribution < 1.29 is 4.52 Å². The van der Waals surface area contributed by atoms with Crippen molar-refractivity contribution in [3.63, 3.8) is 0 Å². The quantitative estimate of drug-likeness (QED) is 0.894. The van der Waals surface area contributed by atoms with Crippen LogP contribution >= 0.6 is 0 Å². The van der Waals surface area contributed by atoms with E-state index in [1.807, 2.05) is 12.1 Å². The molecular weight excluding hydrogens is 238 g/mol. The van der Waals surface area contributed by atoms with E-state index in [0.29, 0.717) is 17.6 Å². The molecule has 1 aromatic heterocycles. The molecule has 0 spiro atoms. The summed E-state index contributed by atoms with van der Waals surface area (Å²) >= 11 is 0. The van der Waals surface area contributed by atoms with Crippen LogP contribution in [0.25, 0.3) is 11.4 Å². The molecule has 0 unspecified atom stereocenters. The number of aromatic nitrogens is 2. The number of hydrogen-bond donors (Lipinski definition) is 1. The first-order valence-electron chi connectivity index (χ1n) is 6.84. The highest BCUT2D eigenvalue weighted by Gasteiger charge is 2.20. The molecule has 4 heteroatoms. The smallest absolute Gasteiger partial charge is 0.244 e. The van der Waals surface area contributed by atoms with Crippen LogP contribution in [-0.2, 0) is 6.42 Å². The molecule has 4 nitrogen and oxygen atoms in total. The fourth-order valence-corrected chi connectivity index (χ4v) is 1.87. The maximum Gasteiger partial charge on any atom is 0.244 e. The Hall–Kier alpha value is -1.68. The summed E-state index contributed by atoms with van der Waals surface area (Å²) in [6.07, 6.45) is 2.01. The van der Waals surface area contributed by atoms with Gasteiger partial charge in [-0.1, -0.05) is 56.6 Å². The Labute approximate surface area is 114 Å². The predicted molar refractivity (Wildman–Crippen MR) is 75.5 cm³/mol.